The summed E-state index contributed by atoms with van der Waals surface area (Å²) in [6.07, 6.45) is 2.26. The maximum Gasteiger partial charge on any atom is 0.169 e. The molecule has 2 nitrogen and oxygen atoms in total. The SMILES string of the molecule is CC(C)N(C1=Nc2ccccc2/C(=C/c2ccccc2)S1)C(C)C. The van der Waals surface area contributed by atoms with Crippen LogP contribution in [0.1, 0.15) is 38.8 Å². The third-order valence-corrected chi connectivity index (χ3v) is 5.06. The van der Waals surface area contributed by atoms with Crippen LogP contribution in [0.3, 0.4) is 0 Å². The Bertz CT molecular complexity index is 752. The van der Waals surface area contributed by atoms with Crippen molar-refractivity contribution >= 4 is 33.6 Å². The van der Waals surface area contributed by atoms with Crippen molar-refractivity contribution in [2.75, 3.05) is 0 Å². The van der Waals surface area contributed by atoms with Crippen molar-refractivity contribution in [1.82, 2.24) is 4.90 Å². The van der Waals surface area contributed by atoms with Crippen molar-refractivity contribution in [2.45, 2.75) is 39.8 Å². The molecule has 0 atom stereocenters. The molecule has 3 heteroatoms. The van der Waals surface area contributed by atoms with Crippen LogP contribution in [0.15, 0.2) is 59.6 Å². The highest BCUT2D eigenvalue weighted by molar-refractivity contribution is 8.21. The van der Waals surface area contributed by atoms with Crippen molar-refractivity contribution in [3.05, 3.63) is 65.7 Å². The zero-order chi connectivity index (χ0) is 17.1. The monoisotopic (exact) mass is 336 g/mol. The molecule has 1 heterocycles. The van der Waals surface area contributed by atoms with Crippen LogP contribution in [0, 0.1) is 0 Å². The molecule has 0 fully saturated rings. The summed E-state index contributed by atoms with van der Waals surface area (Å²) >= 11 is 1.77. The first-order valence-corrected chi connectivity index (χ1v) is 9.29. The van der Waals surface area contributed by atoms with E-state index in [1.165, 1.54) is 16.0 Å². The number of aliphatic imine (C=N–C) groups is 1. The predicted octanol–water partition coefficient (Wildman–Crippen LogP) is 6.04. The number of thioether (sulfide) groups is 1. The van der Waals surface area contributed by atoms with Gasteiger partial charge in [-0.3, -0.25) is 0 Å². The Morgan fingerprint density at radius 1 is 0.875 bits per heavy atom. The topological polar surface area (TPSA) is 15.6 Å². The lowest BCUT2D eigenvalue weighted by Gasteiger charge is -2.35. The predicted molar refractivity (Wildman–Crippen MR) is 108 cm³/mol. The van der Waals surface area contributed by atoms with Crippen molar-refractivity contribution in [2.24, 2.45) is 4.99 Å². The molecule has 3 rings (SSSR count). The summed E-state index contributed by atoms with van der Waals surface area (Å²) in [6, 6.07) is 19.7. The Balaban J connectivity index is 2.07. The zero-order valence-corrected chi connectivity index (χ0v) is 15.5. The molecular weight excluding hydrogens is 312 g/mol. The number of rotatable bonds is 3. The van der Waals surface area contributed by atoms with Crippen LogP contribution in [-0.2, 0) is 0 Å². The second-order valence-corrected chi connectivity index (χ2v) is 7.54. The molecule has 0 aliphatic carbocycles. The van der Waals surface area contributed by atoms with E-state index in [2.05, 4.69) is 93.3 Å². The molecule has 24 heavy (non-hydrogen) atoms. The first-order valence-electron chi connectivity index (χ1n) is 8.47. The second-order valence-electron chi connectivity index (χ2n) is 6.53. The maximum absolute atomic E-state index is 4.94. The van der Waals surface area contributed by atoms with Crippen molar-refractivity contribution in [1.29, 1.82) is 0 Å². The fourth-order valence-electron chi connectivity index (χ4n) is 3.02. The fourth-order valence-corrected chi connectivity index (χ4v) is 4.36. The molecule has 0 aromatic heterocycles. The average Bonchev–Trinajstić information content (AvgIpc) is 2.55. The molecule has 0 spiro atoms. The van der Waals surface area contributed by atoms with Crippen LogP contribution in [0.5, 0.6) is 0 Å². The molecule has 0 saturated carbocycles. The molecule has 0 radical (unpaired) electrons. The first-order chi connectivity index (χ1) is 11.6. The van der Waals surface area contributed by atoms with Crippen LogP contribution in [0.2, 0.25) is 0 Å². The highest BCUT2D eigenvalue weighted by Crippen LogP contribution is 2.42. The number of para-hydroxylation sites is 1. The molecule has 2 aromatic rings. The van der Waals surface area contributed by atoms with Crippen molar-refractivity contribution in [3.8, 4) is 0 Å². The van der Waals surface area contributed by atoms with E-state index in [4.69, 9.17) is 4.99 Å². The van der Waals surface area contributed by atoms with Crippen LogP contribution in [0.25, 0.3) is 11.0 Å². The van der Waals surface area contributed by atoms with Crippen LogP contribution in [0.4, 0.5) is 5.69 Å². The lowest BCUT2D eigenvalue weighted by atomic mass is 10.1. The Hall–Kier alpha value is -2.00. The summed E-state index contributed by atoms with van der Waals surface area (Å²) in [6.45, 7) is 8.91. The van der Waals surface area contributed by atoms with Gasteiger partial charge in [0, 0.05) is 22.6 Å². The van der Waals surface area contributed by atoms with Gasteiger partial charge >= 0.3 is 0 Å². The molecule has 1 aliphatic rings. The summed E-state index contributed by atoms with van der Waals surface area (Å²) in [5, 5.41) is 1.08. The van der Waals surface area contributed by atoms with Gasteiger partial charge in [0.15, 0.2) is 5.17 Å². The lowest BCUT2D eigenvalue weighted by Crippen LogP contribution is -2.41. The first kappa shape index (κ1) is 16.8. The molecule has 0 N–H and O–H groups in total. The van der Waals surface area contributed by atoms with E-state index in [1.807, 2.05) is 0 Å². The summed E-state index contributed by atoms with van der Waals surface area (Å²) in [5.41, 5.74) is 3.49. The lowest BCUT2D eigenvalue weighted by molar-refractivity contribution is 0.298. The molecule has 0 unspecified atom stereocenters. The number of benzene rings is 2. The van der Waals surface area contributed by atoms with E-state index in [1.54, 1.807) is 11.8 Å². The summed E-state index contributed by atoms with van der Waals surface area (Å²) < 4.78 is 0. The smallest absolute Gasteiger partial charge is 0.169 e. The van der Waals surface area contributed by atoms with Gasteiger partial charge in [0.25, 0.3) is 0 Å². The fraction of sp³-hybridized carbons (Fsp3) is 0.286. The molecular formula is C21H24N2S. The van der Waals surface area contributed by atoms with Gasteiger partial charge in [-0.2, -0.15) is 0 Å². The van der Waals surface area contributed by atoms with Crippen LogP contribution in [-0.4, -0.2) is 22.2 Å². The Kier molecular flexibility index (Phi) is 5.10. The highest BCUT2D eigenvalue weighted by atomic mass is 32.2. The Morgan fingerprint density at radius 2 is 1.50 bits per heavy atom. The van der Waals surface area contributed by atoms with E-state index >= 15 is 0 Å². The molecule has 0 bridgehead atoms. The molecule has 0 saturated heterocycles. The minimum atomic E-state index is 0.416. The zero-order valence-electron chi connectivity index (χ0n) is 14.7. The van der Waals surface area contributed by atoms with E-state index < -0.39 is 0 Å². The molecule has 0 amide bonds. The third-order valence-electron chi connectivity index (χ3n) is 4.02. The van der Waals surface area contributed by atoms with Gasteiger partial charge in [0.1, 0.15) is 0 Å². The number of amidine groups is 1. The standard InChI is InChI=1S/C21H24N2S/c1-15(2)23(16(3)4)21-22-19-13-9-8-12-18(19)20(24-21)14-17-10-6-5-7-11-17/h5-16H,1-4H3/b20-14-. The van der Waals surface area contributed by atoms with Crippen LogP contribution >= 0.6 is 11.8 Å². The molecule has 1 aliphatic heterocycles. The Morgan fingerprint density at radius 3 is 2.17 bits per heavy atom. The minimum absolute atomic E-state index is 0.416. The summed E-state index contributed by atoms with van der Waals surface area (Å²) in [5.74, 6) is 0. The van der Waals surface area contributed by atoms with Gasteiger partial charge in [-0.25, -0.2) is 4.99 Å². The van der Waals surface area contributed by atoms with Gasteiger partial charge in [0.05, 0.1) is 5.69 Å². The minimum Gasteiger partial charge on any atom is -0.346 e. The average molecular weight is 337 g/mol. The highest BCUT2D eigenvalue weighted by Gasteiger charge is 2.25. The van der Waals surface area contributed by atoms with Crippen molar-refractivity contribution in [3.63, 3.8) is 0 Å². The quantitative estimate of drug-likeness (QED) is 0.679. The van der Waals surface area contributed by atoms with Gasteiger partial charge in [0.2, 0.25) is 0 Å². The largest absolute Gasteiger partial charge is 0.346 e. The van der Waals surface area contributed by atoms with E-state index in [-0.39, 0.29) is 0 Å². The molecule has 124 valence electrons. The van der Waals surface area contributed by atoms with Gasteiger partial charge in [-0.1, -0.05) is 60.3 Å². The van der Waals surface area contributed by atoms with Gasteiger partial charge in [-0.05, 0) is 45.4 Å². The number of hydrogen-bond acceptors (Lipinski definition) is 3. The Labute approximate surface area is 149 Å². The van der Waals surface area contributed by atoms with Gasteiger partial charge in [-0.15, -0.1) is 0 Å². The maximum atomic E-state index is 4.94. The molecule has 2 aromatic carbocycles. The van der Waals surface area contributed by atoms with Crippen molar-refractivity contribution < 1.29 is 0 Å². The second kappa shape index (κ2) is 7.27. The number of hydrogen-bond donors (Lipinski definition) is 0. The van der Waals surface area contributed by atoms with E-state index in [0.29, 0.717) is 12.1 Å². The van der Waals surface area contributed by atoms with E-state index in [0.717, 1.165) is 10.9 Å². The summed E-state index contributed by atoms with van der Waals surface area (Å²) in [4.78, 5) is 8.59. The van der Waals surface area contributed by atoms with E-state index in [9.17, 15) is 0 Å². The summed E-state index contributed by atoms with van der Waals surface area (Å²) in [7, 11) is 0. The van der Waals surface area contributed by atoms with Gasteiger partial charge < -0.3 is 4.90 Å². The number of fused-ring (bicyclic) bond motifs is 1. The third kappa shape index (κ3) is 3.57. The number of nitrogens with zero attached hydrogens (tertiary/aromatic N) is 2. The van der Waals surface area contributed by atoms with Crippen LogP contribution < -0.4 is 0 Å². The normalized spacial score (nSPS) is 15.6.